The molecule has 1 aliphatic rings. The molecule has 39 heavy (non-hydrogen) atoms. The Hall–Kier alpha value is -4.09. The van der Waals surface area contributed by atoms with Gasteiger partial charge in [-0.1, -0.05) is 72.8 Å². The Kier molecular flexibility index (Phi) is 7.45. The molecule has 0 fully saturated rings. The van der Waals surface area contributed by atoms with E-state index in [1.807, 2.05) is 112 Å². The number of benzene rings is 4. The molecule has 5 heteroatoms. The van der Waals surface area contributed by atoms with E-state index in [0.717, 1.165) is 22.4 Å². The lowest BCUT2D eigenvalue weighted by Gasteiger charge is -2.42. The van der Waals surface area contributed by atoms with Gasteiger partial charge in [0.2, 0.25) is 0 Å². The lowest BCUT2D eigenvalue weighted by atomic mass is 9.72. The second kappa shape index (κ2) is 11.0. The van der Waals surface area contributed by atoms with Gasteiger partial charge >= 0.3 is 5.97 Å². The van der Waals surface area contributed by atoms with E-state index < -0.39 is 11.0 Å². The Morgan fingerprint density at radius 2 is 1.51 bits per heavy atom. The van der Waals surface area contributed by atoms with E-state index in [1.54, 1.807) is 12.1 Å². The van der Waals surface area contributed by atoms with Gasteiger partial charge in [-0.3, -0.25) is 4.79 Å². The van der Waals surface area contributed by atoms with E-state index >= 15 is 0 Å². The van der Waals surface area contributed by atoms with Gasteiger partial charge in [-0.05, 0) is 61.7 Å². The number of fused-ring (bicyclic) bond motifs is 1. The molecule has 0 saturated heterocycles. The highest BCUT2D eigenvalue weighted by molar-refractivity contribution is 5.78. The molecule has 1 N–H and O–H groups in total. The highest BCUT2D eigenvalue weighted by Gasteiger charge is 2.45. The molecule has 5 nitrogen and oxygen atoms in total. The summed E-state index contributed by atoms with van der Waals surface area (Å²) in [5.74, 6) is 1.07. The van der Waals surface area contributed by atoms with Gasteiger partial charge < -0.3 is 19.3 Å². The van der Waals surface area contributed by atoms with Crippen LogP contribution in [-0.2, 0) is 23.4 Å². The summed E-state index contributed by atoms with van der Waals surface area (Å²) in [6.07, 6.45) is 0.378. The highest BCUT2D eigenvalue weighted by Crippen LogP contribution is 2.48. The summed E-state index contributed by atoms with van der Waals surface area (Å²) in [6.45, 7) is 6.22. The Morgan fingerprint density at radius 3 is 2.18 bits per heavy atom. The van der Waals surface area contributed by atoms with Crippen molar-refractivity contribution in [3.8, 4) is 17.2 Å². The maximum atomic E-state index is 12.4. The van der Waals surface area contributed by atoms with Crippen LogP contribution >= 0.6 is 0 Å². The number of esters is 1. The van der Waals surface area contributed by atoms with E-state index in [9.17, 15) is 9.90 Å². The second-order valence-electron chi connectivity index (χ2n) is 11.1. The Balaban J connectivity index is 1.42. The summed E-state index contributed by atoms with van der Waals surface area (Å²) in [7, 11) is 0. The number of carbonyl (C=O) groups excluding carboxylic acids is 1. The van der Waals surface area contributed by atoms with Gasteiger partial charge in [0.05, 0.1) is 17.9 Å². The number of hydrogen-bond donors (Lipinski definition) is 1. The molecule has 0 spiro atoms. The molecule has 0 radical (unpaired) electrons. The summed E-state index contributed by atoms with van der Waals surface area (Å²) < 4.78 is 17.7. The van der Waals surface area contributed by atoms with Crippen LogP contribution in [0.3, 0.4) is 0 Å². The first kappa shape index (κ1) is 26.5. The maximum absolute atomic E-state index is 12.4. The van der Waals surface area contributed by atoms with E-state index in [0.29, 0.717) is 36.7 Å². The Labute approximate surface area is 230 Å². The van der Waals surface area contributed by atoms with Crippen LogP contribution in [0.25, 0.3) is 0 Å². The minimum Gasteiger partial charge on any atom is -0.492 e. The Bertz CT molecular complexity index is 1410. The Morgan fingerprint density at radius 1 is 0.872 bits per heavy atom. The third kappa shape index (κ3) is 5.99. The number of ether oxygens (including phenoxy) is 3. The topological polar surface area (TPSA) is 65.0 Å². The normalized spacial score (nSPS) is 18.5. The summed E-state index contributed by atoms with van der Waals surface area (Å²) >= 11 is 0. The third-order valence-corrected chi connectivity index (χ3v) is 7.07. The molecule has 0 aromatic heterocycles. The highest BCUT2D eigenvalue weighted by atomic mass is 16.5. The zero-order valence-electron chi connectivity index (χ0n) is 22.6. The largest absolute Gasteiger partial charge is 0.492 e. The third-order valence-electron chi connectivity index (χ3n) is 7.07. The first-order valence-corrected chi connectivity index (χ1v) is 13.2. The number of hydrogen-bond acceptors (Lipinski definition) is 5. The monoisotopic (exact) mass is 522 g/mol. The van der Waals surface area contributed by atoms with Crippen molar-refractivity contribution in [3.63, 3.8) is 0 Å². The van der Waals surface area contributed by atoms with Crippen molar-refractivity contribution in [2.24, 2.45) is 5.41 Å². The standard InChI is InChI=1S/C34H34O5/c1-33(2,3)32(35)39-28-18-19-29-31(20-28)38-23-30(26-12-8-5-9-13-26)34(29,36)21-24-14-16-27(17-15-24)37-22-25-10-6-4-7-11-25/h4-20,30,36H,21-23H2,1-3H3/t30-,34-/m1/s1. The van der Waals surface area contributed by atoms with Crippen molar-refractivity contribution in [2.75, 3.05) is 6.61 Å². The van der Waals surface area contributed by atoms with E-state index in [4.69, 9.17) is 14.2 Å². The van der Waals surface area contributed by atoms with Gasteiger partial charge in [-0.15, -0.1) is 0 Å². The van der Waals surface area contributed by atoms with Crippen LogP contribution in [0.15, 0.2) is 103 Å². The minimum atomic E-state index is -1.24. The number of aliphatic hydroxyl groups is 1. The molecule has 0 amide bonds. The van der Waals surface area contributed by atoms with Crippen molar-refractivity contribution < 1.29 is 24.1 Å². The summed E-state index contributed by atoms with van der Waals surface area (Å²) in [5.41, 5.74) is 1.87. The van der Waals surface area contributed by atoms with Crippen molar-refractivity contribution in [2.45, 2.75) is 45.3 Å². The van der Waals surface area contributed by atoms with E-state index in [1.165, 1.54) is 0 Å². The van der Waals surface area contributed by atoms with E-state index in [2.05, 4.69) is 0 Å². The van der Waals surface area contributed by atoms with Gasteiger partial charge in [0.1, 0.15) is 29.5 Å². The molecule has 4 aromatic carbocycles. The first-order valence-electron chi connectivity index (χ1n) is 13.2. The van der Waals surface area contributed by atoms with Gasteiger partial charge in [-0.25, -0.2) is 0 Å². The van der Waals surface area contributed by atoms with Crippen LogP contribution in [-0.4, -0.2) is 17.7 Å². The second-order valence-corrected chi connectivity index (χ2v) is 11.1. The molecule has 0 aliphatic carbocycles. The van der Waals surface area contributed by atoms with E-state index in [-0.39, 0.29) is 11.9 Å². The molecule has 2 atom stereocenters. The smallest absolute Gasteiger partial charge is 0.316 e. The molecular formula is C34H34O5. The molecule has 0 unspecified atom stereocenters. The van der Waals surface area contributed by atoms with Crippen molar-refractivity contribution in [3.05, 3.63) is 125 Å². The van der Waals surface area contributed by atoms with Crippen molar-refractivity contribution in [1.82, 2.24) is 0 Å². The van der Waals surface area contributed by atoms with Crippen molar-refractivity contribution in [1.29, 1.82) is 0 Å². The molecular weight excluding hydrogens is 488 g/mol. The van der Waals surface area contributed by atoms with Crippen LogP contribution < -0.4 is 14.2 Å². The van der Waals surface area contributed by atoms with Crippen LogP contribution in [0.2, 0.25) is 0 Å². The van der Waals surface area contributed by atoms with Gasteiger partial charge in [-0.2, -0.15) is 0 Å². The van der Waals surface area contributed by atoms with Crippen LogP contribution in [0.5, 0.6) is 17.2 Å². The van der Waals surface area contributed by atoms with Crippen LogP contribution in [0.1, 0.15) is 48.9 Å². The lowest BCUT2D eigenvalue weighted by molar-refractivity contribution is -0.143. The SMILES string of the molecule is CC(C)(C)C(=O)Oc1ccc2c(c1)OC[C@H](c1ccccc1)[C@@]2(O)Cc1ccc(OCc2ccccc2)cc1. The number of rotatable bonds is 7. The molecule has 1 aliphatic heterocycles. The average Bonchev–Trinajstić information content (AvgIpc) is 2.93. The average molecular weight is 523 g/mol. The molecule has 5 rings (SSSR count). The maximum Gasteiger partial charge on any atom is 0.316 e. The minimum absolute atomic E-state index is 0.289. The lowest BCUT2D eigenvalue weighted by Crippen LogP contribution is -2.42. The summed E-state index contributed by atoms with van der Waals surface area (Å²) in [6, 6.07) is 33.1. The molecule has 1 heterocycles. The van der Waals surface area contributed by atoms with Gasteiger partial charge in [0.15, 0.2) is 0 Å². The molecule has 0 saturated carbocycles. The quantitative estimate of drug-likeness (QED) is 0.213. The predicted molar refractivity (Wildman–Crippen MR) is 151 cm³/mol. The molecule has 4 aromatic rings. The predicted octanol–water partition coefficient (Wildman–Crippen LogP) is 6.82. The fourth-order valence-corrected chi connectivity index (χ4v) is 4.83. The van der Waals surface area contributed by atoms with Gasteiger partial charge in [0, 0.05) is 18.1 Å². The molecule has 200 valence electrons. The summed E-state index contributed by atoms with van der Waals surface area (Å²) in [5, 5.41) is 12.4. The van der Waals surface area contributed by atoms with Crippen LogP contribution in [0.4, 0.5) is 0 Å². The zero-order valence-corrected chi connectivity index (χ0v) is 22.6. The first-order chi connectivity index (χ1) is 18.7. The number of carbonyl (C=O) groups is 1. The zero-order chi connectivity index (χ0) is 27.5. The molecule has 0 bridgehead atoms. The summed E-state index contributed by atoms with van der Waals surface area (Å²) in [4.78, 5) is 12.4. The van der Waals surface area contributed by atoms with Crippen LogP contribution in [0, 0.1) is 5.41 Å². The fourth-order valence-electron chi connectivity index (χ4n) is 4.83. The fraction of sp³-hybridized carbons (Fsp3) is 0.265. The van der Waals surface area contributed by atoms with Gasteiger partial charge in [0.25, 0.3) is 0 Å². The van der Waals surface area contributed by atoms with Crippen molar-refractivity contribution >= 4 is 5.97 Å².